The highest BCUT2D eigenvalue weighted by molar-refractivity contribution is 6.30. The van der Waals surface area contributed by atoms with Crippen LogP contribution in [0.4, 0.5) is 4.79 Å². The Morgan fingerprint density at radius 1 is 1.07 bits per heavy atom. The molecule has 0 aromatic heterocycles. The van der Waals surface area contributed by atoms with Crippen molar-refractivity contribution in [3.8, 4) is 11.5 Å². The summed E-state index contributed by atoms with van der Waals surface area (Å²) in [6.45, 7) is 2.06. The van der Waals surface area contributed by atoms with E-state index >= 15 is 0 Å². The Bertz CT molecular complexity index is 922. The van der Waals surface area contributed by atoms with Gasteiger partial charge in [-0.05, 0) is 54.0 Å². The highest BCUT2D eigenvalue weighted by Gasteiger charge is 2.33. The van der Waals surface area contributed by atoms with Crippen LogP contribution in [0.5, 0.6) is 11.5 Å². The molecule has 1 N–H and O–H groups in total. The SMILES string of the molecule is COc1cc(C)c(/C=C2\NC(=O)N(Cc3ccc(Cl)cc3)C2=O)cc1OC. The van der Waals surface area contributed by atoms with E-state index in [2.05, 4.69) is 5.32 Å². The molecule has 0 radical (unpaired) electrons. The van der Waals surface area contributed by atoms with E-state index in [9.17, 15) is 9.59 Å². The standard InChI is InChI=1S/C20H19ClN2O4/c1-12-8-17(26-2)18(27-3)10-14(12)9-16-19(24)23(20(25)22-16)11-13-4-6-15(21)7-5-13/h4-10H,11H2,1-3H3,(H,22,25)/b16-9-. The third-order valence-electron chi connectivity index (χ3n) is 4.29. The van der Waals surface area contributed by atoms with Crippen LogP contribution in [0.3, 0.4) is 0 Å². The van der Waals surface area contributed by atoms with Crippen LogP contribution in [0.2, 0.25) is 5.02 Å². The number of nitrogens with zero attached hydrogens (tertiary/aromatic N) is 1. The van der Waals surface area contributed by atoms with Crippen molar-refractivity contribution in [2.45, 2.75) is 13.5 Å². The summed E-state index contributed by atoms with van der Waals surface area (Å²) >= 11 is 5.87. The Hall–Kier alpha value is -2.99. The van der Waals surface area contributed by atoms with E-state index in [4.69, 9.17) is 21.1 Å². The summed E-state index contributed by atoms with van der Waals surface area (Å²) in [6.07, 6.45) is 1.64. The third kappa shape index (κ3) is 3.90. The van der Waals surface area contributed by atoms with Crippen molar-refractivity contribution in [1.82, 2.24) is 10.2 Å². The van der Waals surface area contributed by atoms with Crippen LogP contribution in [0.1, 0.15) is 16.7 Å². The molecule has 1 aliphatic heterocycles. The molecular weight excluding hydrogens is 368 g/mol. The minimum Gasteiger partial charge on any atom is -0.493 e. The van der Waals surface area contributed by atoms with Crippen molar-refractivity contribution in [2.75, 3.05) is 14.2 Å². The number of urea groups is 1. The number of nitrogens with one attached hydrogen (secondary N) is 1. The van der Waals surface area contributed by atoms with E-state index in [1.54, 1.807) is 50.6 Å². The lowest BCUT2D eigenvalue weighted by atomic mass is 10.1. The van der Waals surface area contributed by atoms with Crippen molar-refractivity contribution >= 4 is 29.6 Å². The summed E-state index contributed by atoms with van der Waals surface area (Å²) < 4.78 is 10.6. The van der Waals surface area contributed by atoms with E-state index in [0.717, 1.165) is 21.6 Å². The third-order valence-corrected chi connectivity index (χ3v) is 4.54. The zero-order chi connectivity index (χ0) is 19.6. The monoisotopic (exact) mass is 386 g/mol. The van der Waals surface area contributed by atoms with Gasteiger partial charge in [0.2, 0.25) is 0 Å². The first-order chi connectivity index (χ1) is 12.9. The van der Waals surface area contributed by atoms with E-state index in [-0.39, 0.29) is 18.1 Å². The molecule has 3 rings (SSSR count). The van der Waals surface area contributed by atoms with Gasteiger partial charge in [0, 0.05) is 5.02 Å². The summed E-state index contributed by atoms with van der Waals surface area (Å²) in [5.41, 5.74) is 2.67. The molecular formula is C20H19ClN2O4. The normalized spacial score (nSPS) is 15.3. The van der Waals surface area contributed by atoms with Crippen LogP contribution in [-0.4, -0.2) is 31.1 Å². The van der Waals surface area contributed by atoms with Gasteiger partial charge in [0.25, 0.3) is 5.91 Å². The molecule has 1 saturated heterocycles. The fraction of sp³-hybridized carbons (Fsp3) is 0.200. The second-order valence-electron chi connectivity index (χ2n) is 6.07. The number of carbonyl (C=O) groups is 2. The number of benzene rings is 2. The molecule has 0 unspecified atom stereocenters. The number of hydrogen-bond donors (Lipinski definition) is 1. The Balaban J connectivity index is 1.87. The topological polar surface area (TPSA) is 67.9 Å². The molecule has 2 aromatic rings. The first-order valence-corrected chi connectivity index (χ1v) is 8.62. The van der Waals surface area contributed by atoms with E-state index in [0.29, 0.717) is 16.5 Å². The van der Waals surface area contributed by atoms with E-state index < -0.39 is 6.03 Å². The molecule has 0 saturated carbocycles. The van der Waals surface area contributed by atoms with Gasteiger partial charge in [0.15, 0.2) is 11.5 Å². The zero-order valence-corrected chi connectivity index (χ0v) is 16.0. The molecule has 1 heterocycles. The van der Waals surface area contributed by atoms with Crippen LogP contribution in [0.25, 0.3) is 6.08 Å². The van der Waals surface area contributed by atoms with Gasteiger partial charge in [0.1, 0.15) is 5.70 Å². The summed E-state index contributed by atoms with van der Waals surface area (Å²) in [4.78, 5) is 26.1. The molecule has 140 valence electrons. The molecule has 27 heavy (non-hydrogen) atoms. The van der Waals surface area contributed by atoms with Crippen molar-refractivity contribution in [1.29, 1.82) is 0 Å². The largest absolute Gasteiger partial charge is 0.493 e. The molecule has 1 aliphatic rings. The molecule has 0 spiro atoms. The number of hydrogen-bond acceptors (Lipinski definition) is 4. The van der Waals surface area contributed by atoms with Crippen LogP contribution < -0.4 is 14.8 Å². The fourth-order valence-electron chi connectivity index (χ4n) is 2.79. The van der Waals surface area contributed by atoms with Gasteiger partial charge in [-0.1, -0.05) is 23.7 Å². The van der Waals surface area contributed by atoms with Crippen LogP contribution >= 0.6 is 11.6 Å². The Kier molecular flexibility index (Phi) is 5.37. The second kappa shape index (κ2) is 7.72. The van der Waals surface area contributed by atoms with E-state index in [1.807, 2.05) is 13.0 Å². The fourth-order valence-corrected chi connectivity index (χ4v) is 2.92. The second-order valence-corrected chi connectivity index (χ2v) is 6.51. The highest BCUT2D eigenvalue weighted by atomic mass is 35.5. The first kappa shape index (κ1) is 18.8. The quantitative estimate of drug-likeness (QED) is 0.627. The number of amides is 3. The average molecular weight is 387 g/mol. The molecule has 0 atom stereocenters. The summed E-state index contributed by atoms with van der Waals surface area (Å²) in [7, 11) is 3.10. The molecule has 7 heteroatoms. The smallest absolute Gasteiger partial charge is 0.329 e. The Morgan fingerprint density at radius 3 is 2.33 bits per heavy atom. The van der Waals surface area contributed by atoms with Gasteiger partial charge in [-0.25, -0.2) is 4.79 Å². The maximum absolute atomic E-state index is 12.7. The number of rotatable bonds is 5. The van der Waals surface area contributed by atoms with Crippen LogP contribution in [-0.2, 0) is 11.3 Å². The van der Waals surface area contributed by atoms with Crippen LogP contribution in [0.15, 0.2) is 42.1 Å². The summed E-state index contributed by atoms with van der Waals surface area (Å²) in [5.74, 6) is 0.761. The molecule has 0 bridgehead atoms. The number of aryl methyl sites for hydroxylation is 1. The predicted octanol–water partition coefficient (Wildman–Crippen LogP) is 3.76. The lowest BCUT2D eigenvalue weighted by Gasteiger charge is -2.12. The zero-order valence-electron chi connectivity index (χ0n) is 15.2. The predicted molar refractivity (Wildman–Crippen MR) is 103 cm³/mol. The lowest BCUT2D eigenvalue weighted by molar-refractivity contribution is -0.123. The Labute approximate surface area is 162 Å². The van der Waals surface area contributed by atoms with Gasteiger partial charge in [-0.15, -0.1) is 0 Å². The minimum atomic E-state index is -0.459. The molecule has 6 nitrogen and oxygen atoms in total. The molecule has 3 amide bonds. The van der Waals surface area contributed by atoms with Crippen molar-refractivity contribution in [3.63, 3.8) is 0 Å². The Morgan fingerprint density at radius 2 is 1.70 bits per heavy atom. The number of ether oxygens (including phenoxy) is 2. The van der Waals surface area contributed by atoms with Gasteiger partial charge < -0.3 is 14.8 Å². The summed E-state index contributed by atoms with van der Waals surface area (Å²) in [5, 5.41) is 3.23. The van der Waals surface area contributed by atoms with Crippen molar-refractivity contribution < 1.29 is 19.1 Å². The van der Waals surface area contributed by atoms with Crippen LogP contribution in [0, 0.1) is 6.92 Å². The number of halogens is 1. The molecule has 1 fully saturated rings. The van der Waals surface area contributed by atoms with Crippen molar-refractivity contribution in [2.24, 2.45) is 0 Å². The molecule has 2 aromatic carbocycles. The average Bonchev–Trinajstić information content (AvgIpc) is 2.92. The summed E-state index contributed by atoms with van der Waals surface area (Å²) in [6, 6.07) is 10.1. The van der Waals surface area contributed by atoms with Gasteiger partial charge in [-0.2, -0.15) is 0 Å². The first-order valence-electron chi connectivity index (χ1n) is 8.24. The number of carbonyl (C=O) groups excluding carboxylic acids is 2. The van der Waals surface area contributed by atoms with Gasteiger partial charge in [-0.3, -0.25) is 9.69 Å². The highest BCUT2D eigenvalue weighted by Crippen LogP contribution is 2.31. The maximum atomic E-state index is 12.7. The number of imide groups is 1. The van der Waals surface area contributed by atoms with Crippen molar-refractivity contribution in [3.05, 3.63) is 63.8 Å². The molecule has 0 aliphatic carbocycles. The minimum absolute atomic E-state index is 0.171. The van der Waals surface area contributed by atoms with E-state index in [1.165, 1.54) is 0 Å². The number of methoxy groups -OCH3 is 2. The lowest BCUT2D eigenvalue weighted by Crippen LogP contribution is -2.30. The van der Waals surface area contributed by atoms with Gasteiger partial charge in [0.05, 0.1) is 20.8 Å². The van der Waals surface area contributed by atoms with Gasteiger partial charge >= 0.3 is 6.03 Å². The maximum Gasteiger partial charge on any atom is 0.329 e.